The maximum Gasteiger partial charge on any atom is 0.343 e. The Morgan fingerprint density at radius 2 is 1.58 bits per heavy atom. The average Bonchev–Trinajstić information content (AvgIpc) is 2.86. The van der Waals surface area contributed by atoms with Crippen LogP contribution in [-0.4, -0.2) is 16.8 Å². The highest BCUT2D eigenvalue weighted by Crippen LogP contribution is 2.30. The van der Waals surface area contributed by atoms with Crippen molar-refractivity contribution in [2.24, 2.45) is 0 Å². The summed E-state index contributed by atoms with van der Waals surface area (Å²) < 4.78 is 33.2. The van der Waals surface area contributed by atoms with Gasteiger partial charge in [0.15, 0.2) is 0 Å². The van der Waals surface area contributed by atoms with Gasteiger partial charge in [0.05, 0.1) is 16.1 Å². The maximum atomic E-state index is 14.4. The minimum atomic E-state index is -0.869. The average molecular weight is 509 g/mol. The van der Waals surface area contributed by atoms with E-state index in [2.05, 4.69) is 5.32 Å². The number of amides is 1. The van der Waals surface area contributed by atoms with E-state index in [1.54, 1.807) is 24.3 Å². The molecule has 7 nitrogen and oxygen atoms in total. The van der Waals surface area contributed by atoms with Crippen molar-refractivity contribution in [3.63, 3.8) is 0 Å². The lowest BCUT2D eigenvalue weighted by Crippen LogP contribution is -2.16. The van der Waals surface area contributed by atoms with E-state index in [0.29, 0.717) is 16.8 Å². The smallest absolute Gasteiger partial charge is 0.343 e. The molecule has 10 heteroatoms. The number of carbonyl (C=O) groups is 2. The fourth-order valence-electron chi connectivity index (χ4n) is 3.30. The van der Waals surface area contributed by atoms with E-state index in [9.17, 15) is 28.5 Å². The quantitative estimate of drug-likeness (QED) is 0.136. The number of nitro groups is 1. The van der Waals surface area contributed by atoms with Gasteiger partial charge in [-0.2, -0.15) is 0 Å². The first-order valence-electron chi connectivity index (χ1n) is 10.3. The van der Waals surface area contributed by atoms with E-state index in [1.807, 2.05) is 0 Å². The minimum absolute atomic E-state index is 0.0123. The number of carbonyl (C=O) groups excluding carboxylic acids is 2. The molecule has 0 aliphatic heterocycles. The molecule has 0 radical (unpaired) electrons. The molecule has 4 rings (SSSR count). The van der Waals surface area contributed by atoms with Crippen molar-refractivity contribution < 1.29 is 28.0 Å². The molecule has 0 saturated carbocycles. The SMILES string of the molecule is O=C(Oc1ccc(-c2ccc(F)cc2F)cc1C(=O)Nc1ccc(Cl)cc1)c1ccc([N+](=O)[O-])cc1. The fourth-order valence-corrected chi connectivity index (χ4v) is 3.42. The van der Waals surface area contributed by atoms with Crippen molar-refractivity contribution in [3.05, 3.63) is 123 Å². The van der Waals surface area contributed by atoms with Gasteiger partial charge in [0.2, 0.25) is 0 Å². The van der Waals surface area contributed by atoms with E-state index in [0.717, 1.165) is 18.2 Å². The lowest BCUT2D eigenvalue weighted by Gasteiger charge is -2.13. The Kier molecular flexibility index (Phi) is 7.03. The molecule has 0 aliphatic rings. The minimum Gasteiger partial charge on any atom is -0.422 e. The van der Waals surface area contributed by atoms with E-state index in [1.165, 1.54) is 36.4 Å². The Bertz CT molecular complexity index is 1480. The molecule has 36 heavy (non-hydrogen) atoms. The van der Waals surface area contributed by atoms with Crippen LogP contribution in [0.25, 0.3) is 11.1 Å². The molecular formula is C26H15ClF2N2O5. The van der Waals surface area contributed by atoms with Crippen LogP contribution in [-0.2, 0) is 0 Å². The van der Waals surface area contributed by atoms with E-state index < -0.39 is 28.4 Å². The number of nitrogens with one attached hydrogen (secondary N) is 1. The maximum absolute atomic E-state index is 14.4. The zero-order valence-corrected chi connectivity index (χ0v) is 19.0. The van der Waals surface area contributed by atoms with Crippen LogP contribution in [0.15, 0.2) is 84.9 Å². The number of non-ortho nitro benzene ring substituents is 1. The zero-order valence-electron chi connectivity index (χ0n) is 18.2. The molecule has 1 amide bonds. The first-order chi connectivity index (χ1) is 17.2. The summed E-state index contributed by atoms with van der Waals surface area (Å²) in [5, 5.41) is 13.9. The Morgan fingerprint density at radius 1 is 0.889 bits per heavy atom. The number of nitrogens with zero attached hydrogens (tertiary/aromatic N) is 1. The summed E-state index contributed by atoms with van der Waals surface area (Å²) in [6.45, 7) is 0. The normalized spacial score (nSPS) is 10.5. The van der Waals surface area contributed by atoms with Crippen molar-refractivity contribution in [3.8, 4) is 16.9 Å². The first-order valence-corrected chi connectivity index (χ1v) is 10.7. The standard InChI is InChI=1S/C26H15ClF2N2O5/c27-17-4-7-19(8-5-17)30-25(32)22-13-16(21-11-6-18(28)14-23(21)29)3-12-24(22)36-26(33)15-1-9-20(10-2-15)31(34)35/h1-14H,(H,30,32). The molecule has 0 aromatic heterocycles. The second-order valence-corrected chi connectivity index (χ2v) is 7.93. The summed E-state index contributed by atoms with van der Waals surface area (Å²) in [5.74, 6) is -3.28. The van der Waals surface area contributed by atoms with Crippen molar-refractivity contribution in [2.75, 3.05) is 5.32 Å². The predicted molar refractivity (Wildman–Crippen MR) is 129 cm³/mol. The number of esters is 1. The topological polar surface area (TPSA) is 98.5 Å². The lowest BCUT2D eigenvalue weighted by atomic mass is 10.0. The molecule has 180 valence electrons. The summed E-state index contributed by atoms with van der Waals surface area (Å²) in [6.07, 6.45) is 0. The number of benzene rings is 4. The van der Waals surface area contributed by atoms with E-state index >= 15 is 0 Å². The van der Waals surface area contributed by atoms with E-state index in [4.69, 9.17) is 16.3 Å². The third-order valence-corrected chi connectivity index (χ3v) is 5.34. The van der Waals surface area contributed by atoms with Gasteiger partial charge in [-0.15, -0.1) is 0 Å². The summed E-state index contributed by atoms with van der Waals surface area (Å²) >= 11 is 5.88. The van der Waals surface area contributed by atoms with Gasteiger partial charge in [-0.05, 0) is 66.2 Å². The Hall–Kier alpha value is -4.63. The molecule has 0 heterocycles. The summed E-state index contributed by atoms with van der Waals surface area (Å²) in [5.41, 5.74) is 0.365. The van der Waals surface area contributed by atoms with Gasteiger partial charge in [-0.25, -0.2) is 13.6 Å². The molecule has 0 saturated heterocycles. The number of hydrogen-bond donors (Lipinski definition) is 1. The van der Waals surface area contributed by atoms with Gasteiger partial charge in [0.25, 0.3) is 11.6 Å². The Balaban J connectivity index is 1.70. The van der Waals surface area contributed by atoms with Crippen molar-refractivity contribution in [1.82, 2.24) is 0 Å². The van der Waals surface area contributed by atoms with Crippen molar-refractivity contribution in [2.45, 2.75) is 0 Å². The molecule has 1 N–H and O–H groups in total. The van der Waals surface area contributed by atoms with Gasteiger partial charge in [0, 0.05) is 34.5 Å². The van der Waals surface area contributed by atoms with Crippen molar-refractivity contribution >= 4 is 34.9 Å². The summed E-state index contributed by atoms with van der Waals surface area (Å²) in [7, 11) is 0. The number of anilines is 1. The molecule has 0 fully saturated rings. The van der Waals surface area contributed by atoms with Crippen LogP contribution in [0, 0.1) is 21.7 Å². The molecule has 0 unspecified atom stereocenters. The molecule has 0 bridgehead atoms. The van der Waals surface area contributed by atoms with Crippen LogP contribution >= 0.6 is 11.6 Å². The molecular weight excluding hydrogens is 494 g/mol. The van der Waals surface area contributed by atoms with Crippen LogP contribution in [0.1, 0.15) is 20.7 Å². The van der Waals surface area contributed by atoms with Gasteiger partial charge < -0.3 is 10.1 Å². The molecule has 4 aromatic rings. The number of halogens is 3. The monoisotopic (exact) mass is 508 g/mol. The van der Waals surface area contributed by atoms with Crippen LogP contribution in [0.3, 0.4) is 0 Å². The molecule has 4 aromatic carbocycles. The largest absolute Gasteiger partial charge is 0.422 e. The first kappa shape index (κ1) is 24.5. The lowest BCUT2D eigenvalue weighted by molar-refractivity contribution is -0.384. The van der Waals surface area contributed by atoms with Crippen LogP contribution in [0.4, 0.5) is 20.2 Å². The summed E-state index contributed by atoms with van der Waals surface area (Å²) in [4.78, 5) is 36.0. The highest BCUT2D eigenvalue weighted by Gasteiger charge is 2.20. The van der Waals surface area contributed by atoms with E-state index in [-0.39, 0.29) is 33.7 Å². The molecule has 0 aliphatic carbocycles. The van der Waals surface area contributed by atoms with Crippen LogP contribution in [0.5, 0.6) is 5.75 Å². The van der Waals surface area contributed by atoms with Crippen LogP contribution in [0.2, 0.25) is 5.02 Å². The number of ether oxygens (including phenoxy) is 1. The van der Waals surface area contributed by atoms with Crippen LogP contribution < -0.4 is 10.1 Å². The number of rotatable bonds is 6. The third kappa shape index (κ3) is 5.53. The zero-order chi connectivity index (χ0) is 25.8. The molecule has 0 atom stereocenters. The van der Waals surface area contributed by atoms with Gasteiger partial charge in [-0.1, -0.05) is 17.7 Å². The Morgan fingerprint density at radius 3 is 2.22 bits per heavy atom. The van der Waals surface area contributed by atoms with Gasteiger partial charge in [0.1, 0.15) is 17.4 Å². The predicted octanol–water partition coefficient (Wildman–Crippen LogP) is 6.66. The second kappa shape index (κ2) is 10.3. The van der Waals surface area contributed by atoms with Gasteiger partial charge in [-0.3, -0.25) is 14.9 Å². The number of hydrogen-bond acceptors (Lipinski definition) is 5. The van der Waals surface area contributed by atoms with Gasteiger partial charge >= 0.3 is 5.97 Å². The highest BCUT2D eigenvalue weighted by atomic mass is 35.5. The second-order valence-electron chi connectivity index (χ2n) is 7.49. The fraction of sp³-hybridized carbons (Fsp3) is 0. The third-order valence-electron chi connectivity index (χ3n) is 5.08. The summed E-state index contributed by atoms with van der Waals surface area (Å²) in [6, 6.07) is 18.0. The number of nitro benzene ring substituents is 1. The Labute approximate surface area is 208 Å². The van der Waals surface area contributed by atoms with Crippen molar-refractivity contribution in [1.29, 1.82) is 0 Å². The highest BCUT2D eigenvalue weighted by molar-refractivity contribution is 6.30. The molecule has 0 spiro atoms.